The van der Waals surface area contributed by atoms with Crippen molar-refractivity contribution in [3.05, 3.63) is 42.4 Å². The molecule has 1 saturated heterocycles. The summed E-state index contributed by atoms with van der Waals surface area (Å²) in [6.07, 6.45) is 6.24. The summed E-state index contributed by atoms with van der Waals surface area (Å²) < 4.78 is 1.94. The van der Waals surface area contributed by atoms with Gasteiger partial charge in [-0.1, -0.05) is 6.92 Å². The third-order valence-corrected chi connectivity index (χ3v) is 4.35. The highest BCUT2D eigenvalue weighted by molar-refractivity contribution is 5.46. The van der Waals surface area contributed by atoms with Crippen LogP contribution in [-0.2, 0) is 13.0 Å². The van der Waals surface area contributed by atoms with E-state index in [9.17, 15) is 0 Å². The largest absolute Gasteiger partial charge is 0.355 e. The van der Waals surface area contributed by atoms with Crippen molar-refractivity contribution in [3.8, 4) is 0 Å². The van der Waals surface area contributed by atoms with Gasteiger partial charge in [-0.05, 0) is 12.1 Å². The normalized spacial score (nSPS) is 16.0. The topological polar surface area (TPSA) is 75.3 Å². The fourth-order valence-corrected chi connectivity index (χ4v) is 3.05. The van der Waals surface area contributed by atoms with Crippen LogP contribution in [0.2, 0.25) is 0 Å². The monoisotopic (exact) mass is 324 g/mol. The number of hydrogen-bond donors (Lipinski definition) is 0. The number of nitrogens with zero attached hydrogens (tertiary/aromatic N) is 8. The van der Waals surface area contributed by atoms with Crippen LogP contribution >= 0.6 is 0 Å². The molecule has 1 aliphatic heterocycles. The Morgan fingerprint density at radius 2 is 1.88 bits per heavy atom. The molecule has 0 spiro atoms. The lowest BCUT2D eigenvalue weighted by Crippen LogP contribution is -2.46. The molecular weight excluding hydrogens is 304 g/mol. The van der Waals surface area contributed by atoms with E-state index in [2.05, 4.69) is 41.9 Å². The van der Waals surface area contributed by atoms with Crippen molar-refractivity contribution in [2.45, 2.75) is 19.9 Å². The summed E-state index contributed by atoms with van der Waals surface area (Å²) in [7, 11) is 0. The molecule has 1 fully saturated rings. The molecule has 24 heavy (non-hydrogen) atoms. The molecule has 1 aliphatic rings. The Labute approximate surface area is 140 Å². The molecule has 8 heteroatoms. The molecule has 4 heterocycles. The van der Waals surface area contributed by atoms with E-state index < -0.39 is 0 Å². The molecule has 0 atom stereocenters. The van der Waals surface area contributed by atoms with Gasteiger partial charge in [-0.25, -0.2) is 15.0 Å². The maximum Gasteiger partial charge on any atom is 0.256 e. The van der Waals surface area contributed by atoms with Gasteiger partial charge in [-0.3, -0.25) is 9.30 Å². The van der Waals surface area contributed by atoms with Crippen molar-refractivity contribution < 1.29 is 0 Å². The first-order chi connectivity index (χ1) is 11.8. The average molecular weight is 324 g/mol. The Morgan fingerprint density at radius 3 is 2.71 bits per heavy atom. The van der Waals surface area contributed by atoms with Crippen molar-refractivity contribution in [3.63, 3.8) is 0 Å². The van der Waals surface area contributed by atoms with Crippen molar-refractivity contribution in [2.24, 2.45) is 0 Å². The highest BCUT2D eigenvalue weighted by Crippen LogP contribution is 2.17. The first-order valence-electron chi connectivity index (χ1n) is 8.26. The first-order valence-corrected chi connectivity index (χ1v) is 8.26. The molecule has 0 bridgehead atoms. The summed E-state index contributed by atoms with van der Waals surface area (Å²) in [6, 6.07) is 4.03. The standard InChI is InChI=1S/C16H20N8/c1-2-14-17-5-3-13(20-14)11-22-7-9-23(10-8-22)15-4-6-18-16-21-19-12-24(15)16/h3-6,12H,2,7-11H2,1H3. The number of aryl methyl sites for hydroxylation is 1. The van der Waals surface area contributed by atoms with Gasteiger partial charge in [0.2, 0.25) is 0 Å². The predicted octanol–water partition coefficient (Wildman–Crippen LogP) is 0.799. The maximum absolute atomic E-state index is 4.60. The van der Waals surface area contributed by atoms with Gasteiger partial charge in [0, 0.05) is 51.5 Å². The summed E-state index contributed by atoms with van der Waals surface area (Å²) in [5.41, 5.74) is 1.10. The second kappa shape index (κ2) is 6.48. The Morgan fingerprint density at radius 1 is 1.04 bits per heavy atom. The van der Waals surface area contributed by atoms with Crippen molar-refractivity contribution in [2.75, 3.05) is 31.1 Å². The van der Waals surface area contributed by atoms with Crippen molar-refractivity contribution >= 4 is 11.6 Å². The molecule has 0 aliphatic carbocycles. The fraction of sp³-hybridized carbons (Fsp3) is 0.438. The Balaban J connectivity index is 1.42. The SMILES string of the molecule is CCc1nccc(CN2CCN(c3ccnc4nncn34)CC2)n1. The fourth-order valence-electron chi connectivity index (χ4n) is 3.05. The molecule has 8 nitrogen and oxygen atoms in total. The van der Waals surface area contributed by atoms with Crippen LogP contribution in [0.25, 0.3) is 5.78 Å². The van der Waals surface area contributed by atoms with Gasteiger partial charge in [-0.15, -0.1) is 10.2 Å². The number of hydrogen-bond acceptors (Lipinski definition) is 7. The average Bonchev–Trinajstić information content (AvgIpc) is 3.11. The van der Waals surface area contributed by atoms with E-state index in [0.717, 1.165) is 56.5 Å². The summed E-state index contributed by atoms with van der Waals surface area (Å²) in [5.74, 6) is 2.65. The van der Waals surface area contributed by atoms with Gasteiger partial charge in [0.25, 0.3) is 5.78 Å². The zero-order chi connectivity index (χ0) is 16.4. The van der Waals surface area contributed by atoms with Crippen LogP contribution in [-0.4, -0.2) is 60.6 Å². The minimum Gasteiger partial charge on any atom is -0.355 e. The Kier molecular flexibility index (Phi) is 4.04. The number of rotatable bonds is 4. The molecule has 0 amide bonds. The van der Waals surface area contributed by atoms with Gasteiger partial charge < -0.3 is 4.90 Å². The molecule has 124 valence electrons. The molecule has 0 radical (unpaired) electrons. The van der Waals surface area contributed by atoms with Gasteiger partial charge >= 0.3 is 0 Å². The second-order valence-electron chi connectivity index (χ2n) is 5.88. The van der Waals surface area contributed by atoms with Gasteiger partial charge in [-0.2, -0.15) is 0 Å². The number of piperazine rings is 1. The van der Waals surface area contributed by atoms with Crippen LogP contribution in [0.3, 0.4) is 0 Å². The predicted molar refractivity (Wildman–Crippen MR) is 89.7 cm³/mol. The summed E-state index contributed by atoms with van der Waals surface area (Å²) in [4.78, 5) is 17.9. The number of aromatic nitrogens is 6. The maximum atomic E-state index is 4.60. The summed E-state index contributed by atoms with van der Waals surface area (Å²) in [5, 5.41) is 7.95. The van der Waals surface area contributed by atoms with Crippen molar-refractivity contribution in [1.29, 1.82) is 0 Å². The zero-order valence-corrected chi connectivity index (χ0v) is 13.7. The molecule has 3 aromatic rings. The molecule has 0 saturated carbocycles. The first kappa shape index (κ1) is 14.9. The smallest absolute Gasteiger partial charge is 0.256 e. The Hall–Kier alpha value is -2.61. The highest BCUT2D eigenvalue weighted by atomic mass is 15.3. The van der Waals surface area contributed by atoms with E-state index in [1.54, 1.807) is 12.5 Å². The second-order valence-corrected chi connectivity index (χ2v) is 5.88. The quantitative estimate of drug-likeness (QED) is 0.702. The van der Waals surface area contributed by atoms with E-state index in [-0.39, 0.29) is 0 Å². The number of fused-ring (bicyclic) bond motifs is 1. The summed E-state index contributed by atoms with van der Waals surface area (Å²) in [6.45, 7) is 6.88. The van der Waals surface area contributed by atoms with Gasteiger partial charge in [0.15, 0.2) is 0 Å². The van der Waals surface area contributed by atoms with Crippen LogP contribution in [0.4, 0.5) is 5.82 Å². The molecule has 0 unspecified atom stereocenters. The minimum absolute atomic E-state index is 0.642. The third-order valence-electron chi connectivity index (χ3n) is 4.35. The van der Waals surface area contributed by atoms with Gasteiger partial charge in [0.05, 0.1) is 5.69 Å². The highest BCUT2D eigenvalue weighted by Gasteiger charge is 2.19. The number of anilines is 1. The van der Waals surface area contributed by atoms with Crippen molar-refractivity contribution in [1.82, 2.24) is 34.4 Å². The van der Waals surface area contributed by atoms with E-state index in [0.29, 0.717) is 5.78 Å². The lowest BCUT2D eigenvalue weighted by molar-refractivity contribution is 0.246. The van der Waals surface area contributed by atoms with E-state index in [1.807, 2.05) is 22.7 Å². The van der Waals surface area contributed by atoms with E-state index in [4.69, 9.17) is 0 Å². The zero-order valence-electron chi connectivity index (χ0n) is 13.7. The molecular formula is C16H20N8. The van der Waals surface area contributed by atoms with Gasteiger partial charge in [0.1, 0.15) is 18.0 Å². The molecule has 0 N–H and O–H groups in total. The van der Waals surface area contributed by atoms with Crippen LogP contribution in [0.15, 0.2) is 30.9 Å². The van der Waals surface area contributed by atoms with Crippen LogP contribution in [0, 0.1) is 0 Å². The molecule has 4 rings (SSSR count). The minimum atomic E-state index is 0.642. The molecule has 3 aromatic heterocycles. The van der Waals surface area contributed by atoms with Crippen LogP contribution in [0.1, 0.15) is 18.4 Å². The lowest BCUT2D eigenvalue weighted by Gasteiger charge is -2.35. The van der Waals surface area contributed by atoms with Crippen LogP contribution in [0.5, 0.6) is 0 Å². The third kappa shape index (κ3) is 2.92. The lowest BCUT2D eigenvalue weighted by atomic mass is 10.2. The Bertz CT molecular complexity index is 822. The summed E-state index contributed by atoms with van der Waals surface area (Å²) >= 11 is 0. The molecule has 0 aromatic carbocycles. The van der Waals surface area contributed by atoms with Crippen LogP contribution < -0.4 is 4.90 Å². The van der Waals surface area contributed by atoms with E-state index >= 15 is 0 Å². The van der Waals surface area contributed by atoms with E-state index in [1.165, 1.54) is 0 Å².